The molecular weight excluding hydrogens is 333 g/mol. The molecule has 0 aliphatic carbocycles. The lowest BCUT2D eigenvalue weighted by Gasteiger charge is -2.40. The molecule has 1 aromatic carbocycles. The summed E-state index contributed by atoms with van der Waals surface area (Å²) in [5.41, 5.74) is -1.64. The molecule has 0 saturated carbocycles. The standard InChI is InChI=1S/C15H13F3O4S/c1-9(13(20)21)6-12(19)22-14(7-23-8-14)10-2-4-11(5-3-10)15(16,17)18/h2-5H,1,6-8H2,(H,20,21). The number of thioether (sulfide) groups is 1. The molecule has 0 radical (unpaired) electrons. The van der Waals surface area contributed by atoms with E-state index in [1.165, 1.54) is 23.9 Å². The summed E-state index contributed by atoms with van der Waals surface area (Å²) in [7, 11) is 0. The van der Waals surface area contributed by atoms with E-state index in [-0.39, 0.29) is 5.57 Å². The summed E-state index contributed by atoms with van der Waals surface area (Å²) in [5.74, 6) is -1.25. The fraction of sp³-hybridized carbons (Fsp3) is 0.333. The predicted octanol–water partition coefficient (Wildman–Crippen LogP) is 3.22. The van der Waals surface area contributed by atoms with Gasteiger partial charge in [-0.3, -0.25) is 4.79 Å². The Labute approximate surface area is 134 Å². The van der Waals surface area contributed by atoms with Crippen molar-refractivity contribution in [1.82, 2.24) is 0 Å². The highest BCUT2D eigenvalue weighted by Gasteiger charge is 2.44. The molecule has 0 bridgehead atoms. The van der Waals surface area contributed by atoms with E-state index in [9.17, 15) is 22.8 Å². The third-order valence-electron chi connectivity index (χ3n) is 3.38. The molecular formula is C15H13F3O4S. The van der Waals surface area contributed by atoms with Gasteiger partial charge in [-0.2, -0.15) is 24.9 Å². The highest BCUT2D eigenvalue weighted by atomic mass is 32.2. The van der Waals surface area contributed by atoms with E-state index < -0.39 is 35.7 Å². The van der Waals surface area contributed by atoms with Gasteiger partial charge in [-0.1, -0.05) is 18.7 Å². The molecule has 1 saturated heterocycles. The average Bonchev–Trinajstić information content (AvgIpc) is 2.42. The quantitative estimate of drug-likeness (QED) is 0.655. The topological polar surface area (TPSA) is 63.6 Å². The van der Waals surface area contributed by atoms with Crippen LogP contribution in [0.15, 0.2) is 36.4 Å². The first kappa shape index (κ1) is 17.4. The van der Waals surface area contributed by atoms with Crippen molar-refractivity contribution in [2.75, 3.05) is 11.5 Å². The van der Waals surface area contributed by atoms with Crippen LogP contribution in [-0.2, 0) is 26.1 Å². The molecule has 0 amide bonds. The van der Waals surface area contributed by atoms with Gasteiger partial charge < -0.3 is 9.84 Å². The molecule has 1 aliphatic heterocycles. The lowest BCUT2D eigenvalue weighted by Crippen LogP contribution is -2.44. The van der Waals surface area contributed by atoms with E-state index in [4.69, 9.17) is 9.84 Å². The Balaban J connectivity index is 2.13. The van der Waals surface area contributed by atoms with Gasteiger partial charge in [-0.15, -0.1) is 0 Å². The van der Waals surface area contributed by atoms with Gasteiger partial charge in [0.15, 0.2) is 5.60 Å². The second-order valence-corrected chi connectivity index (χ2v) is 6.11. The van der Waals surface area contributed by atoms with Gasteiger partial charge in [0.25, 0.3) is 0 Å². The molecule has 8 heteroatoms. The maximum atomic E-state index is 12.6. The zero-order valence-corrected chi connectivity index (χ0v) is 12.7. The lowest BCUT2D eigenvalue weighted by atomic mass is 9.95. The largest absolute Gasteiger partial charge is 0.478 e. The molecule has 1 N–H and O–H groups in total. The summed E-state index contributed by atoms with van der Waals surface area (Å²) in [6.45, 7) is 3.25. The van der Waals surface area contributed by atoms with Gasteiger partial charge in [-0.05, 0) is 17.7 Å². The Morgan fingerprint density at radius 2 is 1.83 bits per heavy atom. The number of esters is 1. The Bertz CT molecular complexity index is 633. The van der Waals surface area contributed by atoms with Crippen molar-refractivity contribution in [3.63, 3.8) is 0 Å². The van der Waals surface area contributed by atoms with E-state index in [1.54, 1.807) is 0 Å². The zero-order chi connectivity index (χ0) is 17.3. The van der Waals surface area contributed by atoms with Crippen LogP contribution in [0.5, 0.6) is 0 Å². The summed E-state index contributed by atoms with van der Waals surface area (Å²) >= 11 is 1.48. The van der Waals surface area contributed by atoms with Gasteiger partial charge in [0, 0.05) is 17.1 Å². The van der Waals surface area contributed by atoms with E-state index >= 15 is 0 Å². The number of benzene rings is 1. The first-order valence-electron chi connectivity index (χ1n) is 6.52. The minimum absolute atomic E-state index is 0.301. The summed E-state index contributed by atoms with van der Waals surface area (Å²) in [6, 6.07) is 4.43. The molecule has 1 heterocycles. The van der Waals surface area contributed by atoms with Gasteiger partial charge in [0.2, 0.25) is 0 Å². The zero-order valence-electron chi connectivity index (χ0n) is 11.9. The van der Waals surface area contributed by atoms with E-state index in [1.807, 2.05) is 0 Å². The fourth-order valence-corrected chi connectivity index (χ4v) is 3.06. The molecule has 23 heavy (non-hydrogen) atoms. The van der Waals surface area contributed by atoms with Crippen LogP contribution in [-0.4, -0.2) is 28.6 Å². The van der Waals surface area contributed by atoms with Crippen molar-refractivity contribution in [3.8, 4) is 0 Å². The van der Waals surface area contributed by atoms with Crippen molar-refractivity contribution < 1.29 is 32.6 Å². The normalized spacial score (nSPS) is 16.3. The monoisotopic (exact) mass is 346 g/mol. The molecule has 1 aromatic rings. The van der Waals surface area contributed by atoms with Gasteiger partial charge in [0.05, 0.1) is 12.0 Å². The maximum Gasteiger partial charge on any atom is 0.416 e. The van der Waals surface area contributed by atoms with Crippen molar-refractivity contribution in [2.24, 2.45) is 0 Å². The number of halogens is 3. The van der Waals surface area contributed by atoms with Crippen molar-refractivity contribution >= 4 is 23.7 Å². The molecule has 1 fully saturated rings. The fourth-order valence-electron chi connectivity index (χ4n) is 2.04. The summed E-state index contributed by atoms with van der Waals surface area (Å²) in [4.78, 5) is 22.5. The minimum Gasteiger partial charge on any atom is -0.478 e. The third-order valence-corrected chi connectivity index (χ3v) is 4.72. The molecule has 0 unspecified atom stereocenters. The van der Waals surface area contributed by atoms with Crippen LogP contribution in [0.1, 0.15) is 17.5 Å². The van der Waals surface area contributed by atoms with Crippen LogP contribution in [0, 0.1) is 0 Å². The van der Waals surface area contributed by atoms with Crippen LogP contribution >= 0.6 is 11.8 Å². The van der Waals surface area contributed by atoms with Crippen molar-refractivity contribution in [2.45, 2.75) is 18.2 Å². The van der Waals surface area contributed by atoms with E-state index in [0.717, 1.165) is 12.1 Å². The molecule has 124 valence electrons. The highest BCUT2D eigenvalue weighted by Crippen LogP contribution is 2.43. The first-order valence-corrected chi connectivity index (χ1v) is 7.68. The number of rotatable bonds is 5. The van der Waals surface area contributed by atoms with Crippen LogP contribution in [0.25, 0.3) is 0 Å². The number of alkyl halides is 3. The summed E-state index contributed by atoms with van der Waals surface area (Å²) in [5, 5.41) is 8.71. The molecule has 0 aromatic heterocycles. The Hall–Kier alpha value is -1.96. The smallest absolute Gasteiger partial charge is 0.416 e. The van der Waals surface area contributed by atoms with Crippen molar-refractivity contribution in [3.05, 3.63) is 47.5 Å². The summed E-state index contributed by atoms with van der Waals surface area (Å²) in [6.07, 6.45) is -4.90. The van der Waals surface area contributed by atoms with Crippen LogP contribution < -0.4 is 0 Å². The Kier molecular flexibility index (Phi) is 4.74. The maximum absolute atomic E-state index is 12.6. The predicted molar refractivity (Wildman–Crippen MR) is 77.9 cm³/mol. The van der Waals surface area contributed by atoms with E-state index in [2.05, 4.69) is 6.58 Å². The number of carbonyl (C=O) groups is 2. The number of hydrogen-bond donors (Lipinski definition) is 1. The van der Waals surface area contributed by atoms with Gasteiger partial charge in [-0.25, -0.2) is 4.79 Å². The Morgan fingerprint density at radius 3 is 2.22 bits per heavy atom. The minimum atomic E-state index is -4.43. The second kappa shape index (κ2) is 6.27. The Morgan fingerprint density at radius 1 is 1.26 bits per heavy atom. The van der Waals surface area contributed by atoms with Gasteiger partial charge >= 0.3 is 18.1 Å². The summed E-state index contributed by atoms with van der Waals surface area (Å²) < 4.78 is 43.1. The van der Waals surface area contributed by atoms with E-state index in [0.29, 0.717) is 17.1 Å². The highest BCUT2D eigenvalue weighted by molar-refractivity contribution is 8.00. The SMILES string of the molecule is C=C(CC(=O)OC1(c2ccc(C(F)(F)F)cc2)CSC1)C(=O)O. The molecule has 1 aliphatic rings. The lowest BCUT2D eigenvalue weighted by molar-refractivity contribution is -0.157. The number of carboxylic acid groups (broad SMARTS) is 1. The number of carboxylic acids is 1. The van der Waals surface area contributed by atoms with Gasteiger partial charge in [0.1, 0.15) is 0 Å². The number of carbonyl (C=O) groups excluding carboxylic acids is 1. The molecule has 4 nitrogen and oxygen atoms in total. The second-order valence-electron chi connectivity index (χ2n) is 5.12. The number of aliphatic carboxylic acids is 1. The molecule has 0 spiro atoms. The van der Waals surface area contributed by atoms with Crippen molar-refractivity contribution in [1.29, 1.82) is 0 Å². The first-order chi connectivity index (χ1) is 10.6. The number of hydrogen-bond acceptors (Lipinski definition) is 4. The van der Waals surface area contributed by atoms with Crippen LogP contribution in [0.4, 0.5) is 13.2 Å². The van der Waals surface area contributed by atoms with Crippen LogP contribution in [0.3, 0.4) is 0 Å². The molecule has 2 rings (SSSR count). The third kappa shape index (κ3) is 3.87. The number of ether oxygens (including phenoxy) is 1. The average molecular weight is 346 g/mol. The molecule has 0 atom stereocenters. The van der Waals surface area contributed by atoms with Crippen LogP contribution in [0.2, 0.25) is 0 Å².